The SMILES string of the molecule is Cc1c(Cl)nc2ccc(N3CCN(C(=O)OC(C)(C)C)CC3)cn2c1=O. The van der Waals surface area contributed by atoms with Crippen molar-refractivity contribution in [2.24, 2.45) is 0 Å². The van der Waals surface area contributed by atoms with Gasteiger partial charge in [0.2, 0.25) is 0 Å². The minimum atomic E-state index is -0.500. The molecule has 0 saturated carbocycles. The molecule has 0 unspecified atom stereocenters. The molecule has 1 aliphatic rings. The zero-order valence-corrected chi connectivity index (χ0v) is 16.2. The summed E-state index contributed by atoms with van der Waals surface area (Å²) in [5.41, 5.74) is 1.18. The number of carbonyl (C=O) groups is 1. The van der Waals surface area contributed by atoms with E-state index in [1.807, 2.05) is 26.8 Å². The van der Waals surface area contributed by atoms with Crippen molar-refractivity contribution < 1.29 is 9.53 Å². The molecule has 0 radical (unpaired) electrons. The van der Waals surface area contributed by atoms with Crippen molar-refractivity contribution in [1.29, 1.82) is 0 Å². The number of ether oxygens (including phenoxy) is 1. The largest absolute Gasteiger partial charge is 0.444 e. The minimum Gasteiger partial charge on any atom is -0.444 e. The van der Waals surface area contributed by atoms with Crippen molar-refractivity contribution in [3.8, 4) is 0 Å². The summed E-state index contributed by atoms with van der Waals surface area (Å²) in [6, 6.07) is 3.69. The van der Waals surface area contributed by atoms with Crippen LogP contribution >= 0.6 is 11.6 Å². The maximum atomic E-state index is 12.4. The van der Waals surface area contributed by atoms with Gasteiger partial charge in [-0.2, -0.15) is 0 Å². The fraction of sp³-hybridized carbons (Fsp3) is 0.500. The molecule has 0 spiro atoms. The van der Waals surface area contributed by atoms with Gasteiger partial charge < -0.3 is 14.5 Å². The molecule has 0 aromatic carbocycles. The molecule has 1 amide bonds. The second-order valence-corrected chi connectivity index (χ2v) is 7.76. The van der Waals surface area contributed by atoms with Gasteiger partial charge >= 0.3 is 6.09 Å². The van der Waals surface area contributed by atoms with E-state index in [0.717, 1.165) is 5.69 Å². The van der Waals surface area contributed by atoms with Crippen LogP contribution in [0.25, 0.3) is 5.65 Å². The quantitative estimate of drug-likeness (QED) is 0.714. The number of nitrogens with zero attached hydrogens (tertiary/aromatic N) is 4. The molecule has 1 fully saturated rings. The number of anilines is 1. The van der Waals surface area contributed by atoms with E-state index in [-0.39, 0.29) is 16.8 Å². The Morgan fingerprint density at radius 2 is 1.85 bits per heavy atom. The van der Waals surface area contributed by atoms with Gasteiger partial charge in [-0.3, -0.25) is 9.20 Å². The first-order valence-electron chi connectivity index (χ1n) is 8.57. The van der Waals surface area contributed by atoms with E-state index >= 15 is 0 Å². The lowest BCUT2D eigenvalue weighted by Crippen LogP contribution is -2.50. The summed E-state index contributed by atoms with van der Waals surface area (Å²) in [7, 11) is 0. The number of piperazine rings is 1. The summed E-state index contributed by atoms with van der Waals surface area (Å²) in [5, 5.41) is 0.230. The van der Waals surface area contributed by atoms with Crippen molar-refractivity contribution in [3.63, 3.8) is 0 Å². The van der Waals surface area contributed by atoms with Gasteiger partial charge in [-0.1, -0.05) is 11.6 Å². The number of rotatable bonds is 1. The van der Waals surface area contributed by atoms with E-state index in [1.165, 1.54) is 4.40 Å². The van der Waals surface area contributed by atoms with Crippen molar-refractivity contribution in [3.05, 3.63) is 39.4 Å². The molecular formula is C18H23ClN4O3. The van der Waals surface area contributed by atoms with Crippen molar-refractivity contribution in [1.82, 2.24) is 14.3 Å². The van der Waals surface area contributed by atoms with E-state index in [9.17, 15) is 9.59 Å². The fourth-order valence-electron chi connectivity index (χ4n) is 2.85. The highest BCUT2D eigenvalue weighted by Crippen LogP contribution is 2.19. The molecule has 8 heteroatoms. The van der Waals surface area contributed by atoms with Crippen LogP contribution in [0.4, 0.5) is 10.5 Å². The highest BCUT2D eigenvalue weighted by molar-refractivity contribution is 6.30. The number of halogens is 1. The molecule has 0 N–H and O–H groups in total. The fourth-order valence-corrected chi connectivity index (χ4v) is 3.02. The highest BCUT2D eigenvalue weighted by Gasteiger charge is 2.26. The standard InChI is InChI=1S/C18H23ClN4O3/c1-12-15(19)20-14-6-5-13(11-23(14)16(12)24)21-7-9-22(10-8-21)17(25)26-18(2,3)4/h5-6,11H,7-10H2,1-4H3. The van der Waals surface area contributed by atoms with E-state index in [0.29, 0.717) is 37.4 Å². The molecule has 1 aliphatic heterocycles. The lowest BCUT2D eigenvalue weighted by Gasteiger charge is -2.36. The van der Waals surface area contributed by atoms with Crippen molar-refractivity contribution >= 4 is 29.0 Å². The number of carbonyl (C=O) groups excluding carboxylic acids is 1. The van der Waals surface area contributed by atoms with Gasteiger partial charge in [-0.15, -0.1) is 0 Å². The monoisotopic (exact) mass is 378 g/mol. The van der Waals surface area contributed by atoms with Gasteiger partial charge in [0, 0.05) is 32.4 Å². The van der Waals surface area contributed by atoms with Crippen LogP contribution in [0.15, 0.2) is 23.1 Å². The summed E-state index contributed by atoms with van der Waals surface area (Å²) in [6.45, 7) is 9.71. The Bertz CT molecular complexity index is 896. The Labute approximate surface area is 157 Å². The smallest absolute Gasteiger partial charge is 0.410 e. The molecule has 3 rings (SSSR count). The van der Waals surface area contributed by atoms with E-state index in [1.54, 1.807) is 24.1 Å². The normalized spacial score (nSPS) is 15.4. The van der Waals surface area contributed by atoms with Gasteiger partial charge in [-0.25, -0.2) is 9.78 Å². The minimum absolute atomic E-state index is 0.172. The van der Waals surface area contributed by atoms with Gasteiger partial charge in [0.15, 0.2) is 0 Å². The average Bonchev–Trinajstić information content (AvgIpc) is 2.58. The predicted octanol–water partition coefficient (Wildman–Crippen LogP) is 2.71. The number of hydrogen-bond acceptors (Lipinski definition) is 5. The zero-order chi connectivity index (χ0) is 19.1. The van der Waals surface area contributed by atoms with E-state index < -0.39 is 5.60 Å². The van der Waals surface area contributed by atoms with E-state index in [2.05, 4.69) is 9.88 Å². The number of aromatic nitrogens is 2. The third-order valence-electron chi connectivity index (χ3n) is 4.27. The maximum Gasteiger partial charge on any atom is 0.410 e. The molecule has 2 aromatic rings. The highest BCUT2D eigenvalue weighted by atomic mass is 35.5. The molecule has 1 saturated heterocycles. The molecule has 0 aliphatic carbocycles. The lowest BCUT2D eigenvalue weighted by molar-refractivity contribution is 0.0240. The first kappa shape index (κ1) is 18.5. The van der Waals surface area contributed by atoms with Gasteiger partial charge in [-0.05, 0) is 39.8 Å². The average molecular weight is 379 g/mol. The Kier molecular flexibility index (Phi) is 4.84. The van der Waals surface area contributed by atoms with Crippen LogP contribution in [0, 0.1) is 6.92 Å². The van der Waals surface area contributed by atoms with Crippen LogP contribution < -0.4 is 10.5 Å². The van der Waals surface area contributed by atoms with Crippen molar-refractivity contribution in [2.45, 2.75) is 33.3 Å². The van der Waals surface area contributed by atoms with Crippen LogP contribution in [-0.2, 0) is 4.74 Å². The lowest BCUT2D eigenvalue weighted by atomic mass is 10.2. The summed E-state index contributed by atoms with van der Waals surface area (Å²) in [6.07, 6.45) is 1.48. The Morgan fingerprint density at radius 3 is 2.46 bits per heavy atom. The molecular weight excluding hydrogens is 356 g/mol. The van der Waals surface area contributed by atoms with Gasteiger partial charge in [0.25, 0.3) is 5.56 Å². The zero-order valence-electron chi connectivity index (χ0n) is 15.5. The Morgan fingerprint density at radius 1 is 1.19 bits per heavy atom. The first-order chi connectivity index (χ1) is 12.2. The van der Waals surface area contributed by atoms with Gasteiger partial charge in [0.05, 0.1) is 11.3 Å². The molecule has 2 aromatic heterocycles. The molecule has 0 bridgehead atoms. The molecule has 26 heavy (non-hydrogen) atoms. The topological polar surface area (TPSA) is 67.2 Å². The van der Waals surface area contributed by atoms with Gasteiger partial charge in [0.1, 0.15) is 16.4 Å². The van der Waals surface area contributed by atoms with Crippen molar-refractivity contribution in [2.75, 3.05) is 31.1 Å². The molecule has 140 valence electrons. The van der Waals surface area contributed by atoms with Crippen LogP contribution in [0.1, 0.15) is 26.3 Å². The Hall–Kier alpha value is -2.28. The number of amides is 1. The summed E-state index contributed by atoms with van der Waals surface area (Å²) < 4.78 is 6.93. The van der Waals surface area contributed by atoms with Crippen LogP contribution in [0.3, 0.4) is 0 Å². The van der Waals surface area contributed by atoms with Crippen LogP contribution in [-0.4, -0.2) is 52.2 Å². The third-order valence-corrected chi connectivity index (χ3v) is 4.64. The van der Waals surface area contributed by atoms with Crippen LogP contribution in [0.2, 0.25) is 5.15 Å². The Balaban J connectivity index is 1.76. The molecule has 0 atom stereocenters. The van der Waals surface area contributed by atoms with E-state index in [4.69, 9.17) is 16.3 Å². The second kappa shape index (κ2) is 6.79. The summed E-state index contributed by atoms with van der Waals surface area (Å²) in [5.74, 6) is 0. The summed E-state index contributed by atoms with van der Waals surface area (Å²) in [4.78, 5) is 32.6. The maximum absolute atomic E-state index is 12.4. The number of fused-ring (bicyclic) bond motifs is 1. The molecule has 7 nitrogen and oxygen atoms in total. The second-order valence-electron chi connectivity index (χ2n) is 7.40. The predicted molar refractivity (Wildman–Crippen MR) is 101 cm³/mol. The number of pyridine rings is 1. The number of hydrogen-bond donors (Lipinski definition) is 0. The molecule has 3 heterocycles. The van der Waals surface area contributed by atoms with Crippen LogP contribution in [0.5, 0.6) is 0 Å². The first-order valence-corrected chi connectivity index (χ1v) is 8.95. The summed E-state index contributed by atoms with van der Waals surface area (Å²) >= 11 is 5.99. The third kappa shape index (κ3) is 3.77.